The van der Waals surface area contributed by atoms with Gasteiger partial charge >= 0.3 is 5.97 Å². The summed E-state index contributed by atoms with van der Waals surface area (Å²) >= 11 is 5.32. The number of carbonyl (C=O) groups excluding carboxylic acids is 2. The molecule has 1 rings (SSSR count). The molecule has 0 N–H and O–H groups in total. The molecule has 78 valence electrons. The largest absolute Gasteiger partial charge is 0.425 e. The molecule has 0 radical (unpaired) electrons. The van der Waals surface area contributed by atoms with Gasteiger partial charge in [-0.25, -0.2) is 0 Å². The first-order chi connectivity index (χ1) is 7.15. The highest BCUT2D eigenvalue weighted by Crippen LogP contribution is 2.20. The van der Waals surface area contributed by atoms with Crippen LogP contribution in [0.5, 0.6) is 5.75 Å². The van der Waals surface area contributed by atoms with Gasteiger partial charge in [-0.15, -0.1) is 6.58 Å². The van der Waals surface area contributed by atoms with Crippen LogP contribution in [0, 0.1) is 0 Å². The Morgan fingerprint density at radius 3 is 2.67 bits per heavy atom. The van der Waals surface area contributed by atoms with Crippen LogP contribution >= 0.6 is 11.6 Å². The van der Waals surface area contributed by atoms with Crippen LogP contribution in [0.4, 0.5) is 0 Å². The fourth-order valence-corrected chi connectivity index (χ4v) is 1.16. The molecule has 0 saturated carbocycles. The first-order valence-electron chi connectivity index (χ1n) is 4.25. The lowest BCUT2D eigenvalue weighted by atomic mass is 10.2. The normalized spacial score (nSPS) is 9.40. The van der Waals surface area contributed by atoms with Crippen LogP contribution in [0.2, 0.25) is 0 Å². The number of hydrogen-bond acceptors (Lipinski definition) is 3. The molecule has 0 aliphatic heterocycles. The second kappa shape index (κ2) is 5.32. The lowest BCUT2D eigenvalue weighted by molar-refractivity contribution is -0.133. The van der Waals surface area contributed by atoms with E-state index in [1.807, 2.05) is 0 Å². The van der Waals surface area contributed by atoms with Crippen molar-refractivity contribution in [2.24, 2.45) is 0 Å². The molecule has 4 heteroatoms. The summed E-state index contributed by atoms with van der Waals surface area (Å²) in [5.74, 6) is -0.306. The Morgan fingerprint density at radius 2 is 2.07 bits per heavy atom. The molecule has 0 spiro atoms. The maximum Gasteiger partial charge on any atom is 0.315 e. The van der Waals surface area contributed by atoms with Crippen molar-refractivity contribution in [1.29, 1.82) is 0 Å². The van der Waals surface area contributed by atoms with E-state index in [9.17, 15) is 9.59 Å². The summed E-state index contributed by atoms with van der Waals surface area (Å²) in [6, 6.07) is 6.29. The van der Waals surface area contributed by atoms with E-state index in [0.717, 1.165) is 0 Å². The first kappa shape index (κ1) is 11.5. The zero-order chi connectivity index (χ0) is 11.3. The van der Waals surface area contributed by atoms with E-state index in [-0.39, 0.29) is 17.7 Å². The minimum absolute atomic E-state index is 0.0881. The predicted molar refractivity (Wildman–Crippen MR) is 57.1 cm³/mol. The monoisotopic (exact) mass is 224 g/mol. The molecule has 1 aromatic rings. The van der Waals surface area contributed by atoms with Crippen LogP contribution in [-0.2, 0) is 4.79 Å². The third-order valence-electron chi connectivity index (χ3n) is 1.63. The van der Waals surface area contributed by atoms with Gasteiger partial charge in [-0.05, 0) is 23.7 Å². The second-order valence-corrected chi connectivity index (χ2v) is 3.08. The van der Waals surface area contributed by atoms with E-state index in [4.69, 9.17) is 16.3 Å². The van der Waals surface area contributed by atoms with Crippen molar-refractivity contribution in [3.05, 3.63) is 42.5 Å². The SMILES string of the molecule is C=CCC(=O)Oc1ccccc1C(=O)Cl. The highest BCUT2D eigenvalue weighted by atomic mass is 35.5. The van der Waals surface area contributed by atoms with Gasteiger partial charge in [0.1, 0.15) is 5.75 Å². The number of rotatable bonds is 4. The molecule has 0 saturated heterocycles. The van der Waals surface area contributed by atoms with Crippen LogP contribution in [0.1, 0.15) is 16.8 Å². The summed E-state index contributed by atoms with van der Waals surface area (Å²) < 4.78 is 4.93. The zero-order valence-electron chi connectivity index (χ0n) is 7.90. The Labute approximate surface area is 92.3 Å². The van der Waals surface area contributed by atoms with Gasteiger partial charge in [0.05, 0.1) is 12.0 Å². The fraction of sp³-hybridized carbons (Fsp3) is 0.0909. The standard InChI is InChI=1S/C11H9ClO3/c1-2-5-10(13)15-9-7-4-3-6-8(9)11(12)14/h2-4,6-7H,1,5H2. The fourth-order valence-electron chi connectivity index (χ4n) is 1.00. The van der Waals surface area contributed by atoms with Gasteiger partial charge in [0.15, 0.2) is 0 Å². The van der Waals surface area contributed by atoms with E-state index in [2.05, 4.69) is 6.58 Å². The summed E-state index contributed by atoms with van der Waals surface area (Å²) in [6.07, 6.45) is 1.51. The molecule has 0 amide bonds. The van der Waals surface area contributed by atoms with Crippen LogP contribution in [0.25, 0.3) is 0 Å². The Hall–Kier alpha value is -1.61. The van der Waals surface area contributed by atoms with Crippen molar-refractivity contribution >= 4 is 22.8 Å². The van der Waals surface area contributed by atoms with E-state index < -0.39 is 11.2 Å². The quantitative estimate of drug-likeness (QED) is 0.342. The zero-order valence-corrected chi connectivity index (χ0v) is 8.66. The molecule has 1 aromatic carbocycles. The van der Waals surface area contributed by atoms with Crippen molar-refractivity contribution in [3.63, 3.8) is 0 Å². The minimum atomic E-state index is -0.656. The van der Waals surface area contributed by atoms with Gasteiger partial charge in [0.25, 0.3) is 5.24 Å². The Bertz CT molecular complexity index is 399. The molecule has 0 aliphatic carbocycles. The summed E-state index contributed by atoms with van der Waals surface area (Å²) in [5, 5.41) is -0.656. The van der Waals surface area contributed by atoms with E-state index in [1.54, 1.807) is 12.1 Å². The smallest absolute Gasteiger partial charge is 0.315 e. The molecule has 0 heterocycles. The van der Waals surface area contributed by atoms with Crippen LogP contribution in [-0.4, -0.2) is 11.2 Å². The van der Waals surface area contributed by atoms with Gasteiger partial charge in [-0.3, -0.25) is 9.59 Å². The van der Waals surface area contributed by atoms with Crippen molar-refractivity contribution < 1.29 is 14.3 Å². The maximum absolute atomic E-state index is 11.1. The molecule has 0 fully saturated rings. The molecule has 0 aliphatic rings. The van der Waals surface area contributed by atoms with E-state index >= 15 is 0 Å². The molecule has 15 heavy (non-hydrogen) atoms. The third kappa shape index (κ3) is 3.22. The van der Waals surface area contributed by atoms with Crippen molar-refractivity contribution in [1.82, 2.24) is 0 Å². The average Bonchev–Trinajstić information content (AvgIpc) is 2.18. The minimum Gasteiger partial charge on any atom is -0.425 e. The Kier molecular flexibility index (Phi) is 4.06. The number of carbonyl (C=O) groups is 2. The Morgan fingerprint density at radius 1 is 1.40 bits per heavy atom. The summed E-state index contributed by atoms with van der Waals surface area (Å²) in [7, 11) is 0. The molecule has 0 bridgehead atoms. The number of benzene rings is 1. The number of ether oxygens (including phenoxy) is 1. The van der Waals surface area contributed by atoms with Crippen LogP contribution in [0.15, 0.2) is 36.9 Å². The molecule has 0 atom stereocenters. The topological polar surface area (TPSA) is 43.4 Å². The first-order valence-corrected chi connectivity index (χ1v) is 4.63. The lowest BCUT2D eigenvalue weighted by Gasteiger charge is -2.05. The summed E-state index contributed by atoms with van der Waals surface area (Å²) in [6.45, 7) is 3.41. The van der Waals surface area contributed by atoms with Crippen molar-refractivity contribution in [2.45, 2.75) is 6.42 Å². The lowest BCUT2D eigenvalue weighted by Crippen LogP contribution is -2.08. The number of esters is 1. The number of para-hydroxylation sites is 1. The summed E-state index contributed by atoms with van der Waals surface area (Å²) in [5.41, 5.74) is 0.177. The summed E-state index contributed by atoms with van der Waals surface area (Å²) in [4.78, 5) is 22.1. The predicted octanol–water partition coefficient (Wildman–Crippen LogP) is 2.55. The second-order valence-electron chi connectivity index (χ2n) is 2.74. The molecule has 0 unspecified atom stereocenters. The molecule has 0 aromatic heterocycles. The van der Waals surface area contributed by atoms with Gasteiger partial charge in [0.2, 0.25) is 0 Å². The van der Waals surface area contributed by atoms with Gasteiger partial charge in [-0.2, -0.15) is 0 Å². The highest BCUT2D eigenvalue weighted by molar-refractivity contribution is 6.68. The van der Waals surface area contributed by atoms with Crippen LogP contribution < -0.4 is 4.74 Å². The van der Waals surface area contributed by atoms with Crippen molar-refractivity contribution in [3.8, 4) is 5.75 Å². The highest BCUT2D eigenvalue weighted by Gasteiger charge is 2.11. The average molecular weight is 225 g/mol. The Balaban J connectivity index is 2.89. The molecular weight excluding hydrogens is 216 g/mol. The maximum atomic E-state index is 11.1. The van der Waals surface area contributed by atoms with Gasteiger partial charge in [-0.1, -0.05) is 18.2 Å². The number of hydrogen-bond donors (Lipinski definition) is 0. The van der Waals surface area contributed by atoms with Crippen LogP contribution in [0.3, 0.4) is 0 Å². The molecular formula is C11H9ClO3. The van der Waals surface area contributed by atoms with Crippen molar-refractivity contribution in [2.75, 3.05) is 0 Å². The van der Waals surface area contributed by atoms with E-state index in [1.165, 1.54) is 18.2 Å². The molecule has 3 nitrogen and oxygen atoms in total. The third-order valence-corrected chi connectivity index (χ3v) is 1.84. The van der Waals surface area contributed by atoms with Gasteiger partial charge < -0.3 is 4.74 Å². The number of halogens is 1. The van der Waals surface area contributed by atoms with Gasteiger partial charge in [0, 0.05) is 0 Å². The van der Waals surface area contributed by atoms with E-state index in [0.29, 0.717) is 0 Å².